The van der Waals surface area contributed by atoms with Gasteiger partial charge in [0.15, 0.2) is 0 Å². The van der Waals surface area contributed by atoms with Crippen molar-refractivity contribution >= 4 is 21.5 Å². The summed E-state index contributed by atoms with van der Waals surface area (Å²) in [6, 6.07) is 15.9. The minimum Gasteiger partial charge on any atom is -0.0616 e. The van der Waals surface area contributed by atoms with Crippen LogP contribution in [-0.2, 0) is 12.8 Å². The van der Waals surface area contributed by atoms with Crippen LogP contribution in [0.15, 0.2) is 42.5 Å². The molecule has 0 heteroatoms. The molecule has 0 atom stereocenters. The van der Waals surface area contributed by atoms with Crippen LogP contribution in [0.5, 0.6) is 0 Å². The van der Waals surface area contributed by atoms with Crippen molar-refractivity contribution in [2.45, 2.75) is 32.6 Å². The van der Waals surface area contributed by atoms with Gasteiger partial charge < -0.3 is 0 Å². The number of hydrogen-bond donors (Lipinski definition) is 0. The predicted molar refractivity (Wildman–Crippen MR) is 82.8 cm³/mol. The highest BCUT2D eigenvalue weighted by atomic mass is 14.2. The van der Waals surface area contributed by atoms with Gasteiger partial charge in [-0.3, -0.25) is 0 Å². The van der Waals surface area contributed by atoms with E-state index in [0.717, 1.165) is 0 Å². The molecule has 0 unspecified atom stereocenters. The molecule has 0 nitrogen and oxygen atoms in total. The second-order valence-corrected chi connectivity index (χ2v) is 5.78. The van der Waals surface area contributed by atoms with Crippen LogP contribution in [-0.4, -0.2) is 0 Å². The lowest BCUT2D eigenvalue weighted by atomic mass is 9.85. The number of hydrogen-bond acceptors (Lipinski definition) is 0. The van der Waals surface area contributed by atoms with E-state index < -0.39 is 0 Å². The third-order valence-electron chi connectivity index (χ3n) is 4.54. The summed E-state index contributed by atoms with van der Waals surface area (Å²) in [5.74, 6) is 0. The van der Waals surface area contributed by atoms with Crippen LogP contribution in [0.2, 0.25) is 0 Å². The number of benzene rings is 3. The third-order valence-corrected chi connectivity index (χ3v) is 4.54. The molecule has 0 saturated heterocycles. The van der Waals surface area contributed by atoms with Crippen molar-refractivity contribution in [1.82, 2.24) is 0 Å². The van der Waals surface area contributed by atoms with Crippen LogP contribution < -0.4 is 0 Å². The van der Waals surface area contributed by atoms with Crippen LogP contribution in [0, 0.1) is 6.92 Å². The van der Waals surface area contributed by atoms with E-state index >= 15 is 0 Å². The van der Waals surface area contributed by atoms with E-state index in [4.69, 9.17) is 0 Å². The molecule has 3 aromatic carbocycles. The lowest BCUT2D eigenvalue weighted by Crippen LogP contribution is -2.04. The van der Waals surface area contributed by atoms with E-state index in [1.54, 1.807) is 11.1 Å². The zero-order valence-corrected chi connectivity index (χ0v) is 11.4. The lowest BCUT2D eigenvalue weighted by Gasteiger charge is -2.20. The number of fused-ring (bicyclic) bond motifs is 4. The van der Waals surface area contributed by atoms with Gasteiger partial charge >= 0.3 is 0 Å². The predicted octanol–water partition coefficient (Wildman–Crippen LogP) is 5.18. The molecule has 3 aromatic rings. The first kappa shape index (κ1) is 11.0. The maximum atomic E-state index is 2.42. The van der Waals surface area contributed by atoms with Crippen molar-refractivity contribution < 1.29 is 0 Å². The minimum absolute atomic E-state index is 1.25. The van der Waals surface area contributed by atoms with Gasteiger partial charge in [0.2, 0.25) is 0 Å². The van der Waals surface area contributed by atoms with Gasteiger partial charge in [0.05, 0.1) is 0 Å². The second-order valence-electron chi connectivity index (χ2n) is 5.78. The Hall–Kier alpha value is -1.82. The normalized spacial score (nSPS) is 14.8. The van der Waals surface area contributed by atoms with Gasteiger partial charge in [-0.15, -0.1) is 0 Å². The van der Waals surface area contributed by atoms with Crippen molar-refractivity contribution in [1.29, 1.82) is 0 Å². The van der Waals surface area contributed by atoms with Crippen LogP contribution in [0.3, 0.4) is 0 Å². The number of aryl methyl sites for hydroxylation is 3. The Kier molecular flexibility index (Phi) is 2.38. The fraction of sp³-hybridized carbons (Fsp3) is 0.263. The molecule has 0 radical (unpaired) electrons. The molecule has 0 aromatic heterocycles. The molecule has 0 spiro atoms. The monoisotopic (exact) mass is 246 g/mol. The van der Waals surface area contributed by atoms with Gasteiger partial charge in [0.25, 0.3) is 0 Å². The molecule has 0 N–H and O–H groups in total. The summed E-state index contributed by atoms with van der Waals surface area (Å²) < 4.78 is 0. The fourth-order valence-corrected chi connectivity index (χ4v) is 3.55. The van der Waals surface area contributed by atoms with E-state index in [9.17, 15) is 0 Å². The first-order valence-corrected chi connectivity index (χ1v) is 7.27. The van der Waals surface area contributed by atoms with Crippen molar-refractivity contribution in [3.63, 3.8) is 0 Å². The molecule has 0 bridgehead atoms. The molecule has 0 aliphatic heterocycles. The van der Waals surface area contributed by atoms with Crippen LogP contribution in [0.1, 0.15) is 29.5 Å². The van der Waals surface area contributed by atoms with E-state index in [2.05, 4.69) is 49.4 Å². The molecular weight excluding hydrogens is 228 g/mol. The molecule has 4 rings (SSSR count). The van der Waals surface area contributed by atoms with Crippen LogP contribution >= 0.6 is 0 Å². The summed E-state index contributed by atoms with van der Waals surface area (Å²) in [6.45, 7) is 2.26. The molecule has 1 aliphatic rings. The summed E-state index contributed by atoms with van der Waals surface area (Å²) in [5.41, 5.74) is 4.63. The maximum absolute atomic E-state index is 2.42. The molecule has 0 fully saturated rings. The lowest BCUT2D eigenvalue weighted by molar-refractivity contribution is 0.689. The zero-order chi connectivity index (χ0) is 12.8. The Morgan fingerprint density at radius 3 is 2.26 bits per heavy atom. The quantitative estimate of drug-likeness (QED) is 0.479. The van der Waals surface area contributed by atoms with Crippen LogP contribution in [0.4, 0.5) is 0 Å². The third kappa shape index (κ3) is 1.67. The Morgan fingerprint density at radius 2 is 1.47 bits per heavy atom. The standard InChI is InChI=1S/C19H18/c1-13-10-16-8-4-5-9-17(16)19-12-15-7-3-2-6-14(15)11-18(13)19/h2-3,6-7,10-12H,4-5,8-9H2,1H3. The van der Waals surface area contributed by atoms with Crippen molar-refractivity contribution in [2.75, 3.05) is 0 Å². The van der Waals surface area contributed by atoms with E-state index in [1.165, 1.54) is 52.8 Å². The molecule has 94 valence electrons. The fourth-order valence-electron chi connectivity index (χ4n) is 3.55. The Bertz CT molecular complexity index is 781. The summed E-state index contributed by atoms with van der Waals surface area (Å²) in [6.07, 6.45) is 5.22. The minimum atomic E-state index is 1.25. The molecule has 1 aliphatic carbocycles. The van der Waals surface area contributed by atoms with Gasteiger partial charge in [0, 0.05) is 0 Å². The zero-order valence-electron chi connectivity index (χ0n) is 11.4. The molecule has 0 heterocycles. The second kappa shape index (κ2) is 4.09. The van der Waals surface area contributed by atoms with Crippen molar-refractivity contribution in [3.8, 4) is 0 Å². The summed E-state index contributed by atoms with van der Waals surface area (Å²) in [5, 5.41) is 5.66. The van der Waals surface area contributed by atoms with Crippen molar-refractivity contribution in [3.05, 3.63) is 59.2 Å². The Labute approximate surface area is 114 Å². The maximum Gasteiger partial charge on any atom is -0.0140 e. The first-order chi connectivity index (χ1) is 9.33. The topological polar surface area (TPSA) is 0 Å². The largest absolute Gasteiger partial charge is 0.0616 e. The summed E-state index contributed by atoms with van der Waals surface area (Å²) in [7, 11) is 0. The van der Waals surface area contributed by atoms with E-state index in [0.29, 0.717) is 0 Å². The highest BCUT2D eigenvalue weighted by Crippen LogP contribution is 2.33. The SMILES string of the molecule is Cc1cc2c(c3cc4ccccc4cc13)CCCC2. The molecule has 0 saturated carbocycles. The average molecular weight is 246 g/mol. The highest BCUT2D eigenvalue weighted by molar-refractivity contribution is 6.01. The smallest absolute Gasteiger partial charge is 0.0140 e. The van der Waals surface area contributed by atoms with Gasteiger partial charge in [-0.25, -0.2) is 0 Å². The van der Waals surface area contributed by atoms with Gasteiger partial charge in [-0.1, -0.05) is 30.3 Å². The van der Waals surface area contributed by atoms with Gasteiger partial charge in [0.1, 0.15) is 0 Å². The van der Waals surface area contributed by atoms with Crippen molar-refractivity contribution in [2.24, 2.45) is 0 Å². The van der Waals surface area contributed by atoms with Gasteiger partial charge in [-0.2, -0.15) is 0 Å². The summed E-state index contributed by atoms with van der Waals surface area (Å²) >= 11 is 0. The van der Waals surface area contributed by atoms with Crippen LogP contribution in [0.25, 0.3) is 21.5 Å². The molecule has 0 amide bonds. The molecular formula is C19H18. The Balaban J connectivity index is 2.16. The average Bonchev–Trinajstić information content (AvgIpc) is 2.46. The summed E-state index contributed by atoms with van der Waals surface area (Å²) in [4.78, 5) is 0. The van der Waals surface area contributed by atoms with E-state index in [1.807, 2.05) is 0 Å². The highest BCUT2D eigenvalue weighted by Gasteiger charge is 2.14. The van der Waals surface area contributed by atoms with E-state index in [-0.39, 0.29) is 0 Å². The molecule has 19 heavy (non-hydrogen) atoms. The number of rotatable bonds is 0. The first-order valence-electron chi connectivity index (χ1n) is 7.27. The Morgan fingerprint density at radius 1 is 0.789 bits per heavy atom. The van der Waals surface area contributed by atoms with Gasteiger partial charge in [-0.05, 0) is 83.0 Å².